The summed E-state index contributed by atoms with van der Waals surface area (Å²) in [6.45, 7) is 16.5. The molecule has 1 spiro atoms. The van der Waals surface area contributed by atoms with E-state index >= 15 is 0 Å². The summed E-state index contributed by atoms with van der Waals surface area (Å²) in [5.74, 6) is 0.621. The maximum atomic E-state index is 13.6. The standard InChI is InChI=1S/C20H34N4O2/c1-14(2)11-22-9-10-26-20(19(22)25)13-23(15(3)4)12-17(20)18-7-8-21-24(18)16(5)6/h7-8,14-17H,9-13H2,1-6H3/t17-,20+/m0/s1. The largest absolute Gasteiger partial charge is 0.361 e. The zero-order valence-electron chi connectivity index (χ0n) is 17.1. The van der Waals surface area contributed by atoms with Gasteiger partial charge in [0.05, 0.1) is 12.5 Å². The van der Waals surface area contributed by atoms with Crippen LogP contribution in [0.1, 0.15) is 59.2 Å². The first kappa shape index (κ1) is 19.4. The van der Waals surface area contributed by atoms with E-state index in [-0.39, 0.29) is 17.9 Å². The zero-order valence-corrected chi connectivity index (χ0v) is 17.1. The Morgan fingerprint density at radius 1 is 1.23 bits per heavy atom. The van der Waals surface area contributed by atoms with Gasteiger partial charge >= 0.3 is 0 Å². The van der Waals surface area contributed by atoms with E-state index in [1.807, 2.05) is 15.8 Å². The SMILES string of the molecule is CC(C)CN1CCO[C@@]2(CN(C(C)C)C[C@H]2c2ccnn2C(C)C)C1=O. The number of carbonyl (C=O) groups excluding carboxylic acids is 1. The van der Waals surface area contributed by atoms with Crippen molar-refractivity contribution in [3.8, 4) is 0 Å². The first-order valence-corrected chi connectivity index (χ1v) is 9.97. The van der Waals surface area contributed by atoms with Crippen molar-refractivity contribution in [2.75, 3.05) is 32.8 Å². The van der Waals surface area contributed by atoms with Gasteiger partial charge in [0.1, 0.15) is 0 Å². The monoisotopic (exact) mass is 362 g/mol. The van der Waals surface area contributed by atoms with E-state index in [0.29, 0.717) is 31.7 Å². The lowest BCUT2D eigenvalue weighted by atomic mass is 9.85. The van der Waals surface area contributed by atoms with Crippen molar-refractivity contribution in [1.82, 2.24) is 19.6 Å². The van der Waals surface area contributed by atoms with Gasteiger partial charge in [-0.2, -0.15) is 5.10 Å². The predicted molar refractivity (Wildman–Crippen MR) is 102 cm³/mol. The molecule has 146 valence electrons. The van der Waals surface area contributed by atoms with Crippen LogP contribution in [-0.2, 0) is 9.53 Å². The summed E-state index contributed by atoms with van der Waals surface area (Å²) in [4.78, 5) is 18.0. The van der Waals surface area contributed by atoms with Gasteiger partial charge in [0, 0.05) is 50.2 Å². The molecular weight excluding hydrogens is 328 g/mol. The maximum Gasteiger partial charge on any atom is 0.257 e. The molecule has 6 nitrogen and oxygen atoms in total. The minimum atomic E-state index is -0.788. The van der Waals surface area contributed by atoms with Gasteiger partial charge in [-0.25, -0.2) is 0 Å². The summed E-state index contributed by atoms with van der Waals surface area (Å²) < 4.78 is 8.38. The van der Waals surface area contributed by atoms with Crippen molar-refractivity contribution in [2.45, 2.75) is 65.1 Å². The Morgan fingerprint density at radius 2 is 1.96 bits per heavy atom. The van der Waals surface area contributed by atoms with Gasteiger partial charge in [-0.05, 0) is 39.7 Å². The summed E-state index contributed by atoms with van der Waals surface area (Å²) in [7, 11) is 0. The van der Waals surface area contributed by atoms with E-state index in [9.17, 15) is 4.79 Å². The molecule has 3 rings (SSSR count). The second kappa shape index (κ2) is 7.31. The van der Waals surface area contributed by atoms with E-state index in [2.05, 4.69) is 57.6 Å². The molecule has 26 heavy (non-hydrogen) atoms. The van der Waals surface area contributed by atoms with Crippen molar-refractivity contribution in [3.63, 3.8) is 0 Å². The first-order chi connectivity index (χ1) is 12.3. The third-order valence-corrected chi connectivity index (χ3v) is 5.65. The molecule has 0 N–H and O–H groups in total. The van der Waals surface area contributed by atoms with Crippen LogP contribution in [0.25, 0.3) is 0 Å². The molecule has 1 amide bonds. The van der Waals surface area contributed by atoms with E-state index < -0.39 is 5.60 Å². The summed E-state index contributed by atoms with van der Waals surface area (Å²) in [6, 6.07) is 2.70. The Morgan fingerprint density at radius 3 is 2.58 bits per heavy atom. The molecule has 6 heteroatoms. The fraction of sp³-hybridized carbons (Fsp3) is 0.800. The van der Waals surface area contributed by atoms with Crippen molar-refractivity contribution in [1.29, 1.82) is 0 Å². The molecule has 1 aromatic rings. The fourth-order valence-electron chi connectivity index (χ4n) is 4.36. The van der Waals surface area contributed by atoms with Gasteiger partial charge < -0.3 is 9.64 Å². The number of morpholine rings is 1. The highest BCUT2D eigenvalue weighted by molar-refractivity contribution is 5.88. The van der Waals surface area contributed by atoms with E-state index in [4.69, 9.17) is 4.74 Å². The normalized spacial score (nSPS) is 27.7. The van der Waals surface area contributed by atoms with E-state index in [0.717, 1.165) is 18.8 Å². The topological polar surface area (TPSA) is 50.6 Å². The molecule has 2 saturated heterocycles. The average molecular weight is 363 g/mol. The van der Waals surface area contributed by atoms with Crippen molar-refractivity contribution >= 4 is 5.91 Å². The van der Waals surface area contributed by atoms with Gasteiger partial charge in [0.15, 0.2) is 5.60 Å². The molecule has 0 aliphatic carbocycles. The molecule has 0 bridgehead atoms. The molecule has 2 fully saturated rings. The maximum absolute atomic E-state index is 13.6. The number of rotatable bonds is 5. The van der Waals surface area contributed by atoms with E-state index in [1.54, 1.807) is 0 Å². The Kier molecular flexibility index (Phi) is 5.45. The lowest BCUT2D eigenvalue weighted by molar-refractivity contribution is -0.173. The molecular formula is C20H34N4O2. The van der Waals surface area contributed by atoms with Crippen LogP contribution < -0.4 is 0 Å². The lowest BCUT2D eigenvalue weighted by Gasteiger charge is -2.43. The Labute approximate surface area is 157 Å². The minimum Gasteiger partial charge on any atom is -0.361 e. The predicted octanol–water partition coefficient (Wildman–Crippen LogP) is 2.53. The van der Waals surface area contributed by atoms with Crippen LogP contribution in [0.4, 0.5) is 0 Å². The second-order valence-electron chi connectivity index (χ2n) is 8.75. The number of hydrogen-bond donors (Lipinski definition) is 0. The van der Waals surface area contributed by atoms with Crippen LogP contribution in [0.5, 0.6) is 0 Å². The molecule has 0 radical (unpaired) electrons. The van der Waals surface area contributed by atoms with Gasteiger partial charge in [0.25, 0.3) is 5.91 Å². The van der Waals surface area contributed by atoms with Crippen molar-refractivity contribution in [3.05, 3.63) is 18.0 Å². The molecule has 1 aromatic heterocycles. The van der Waals surface area contributed by atoms with Gasteiger partial charge in [-0.3, -0.25) is 14.4 Å². The van der Waals surface area contributed by atoms with Crippen LogP contribution in [0, 0.1) is 5.92 Å². The first-order valence-electron chi connectivity index (χ1n) is 9.97. The fourth-order valence-corrected chi connectivity index (χ4v) is 4.36. The third kappa shape index (κ3) is 3.29. The van der Waals surface area contributed by atoms with Crippen LogP contribution in [-0.4, -0.2) is 69.9 Å². The summed E-state index contributed by atoms with van der Waals surface area (Å²) in [6.07, 6.45) is 1.85. The van der Waals surface area contributed by atoms with Crippen LogP contribution in [0.2, 0.25) is 0 Å². The Bertz CT molecular complexity index is 640. The quantitative estimate of drug-likeness (QED) is 0.808. The van der Waals surface area contributed by atoms with Crippen LogP contribution in [0.15, 0.2) is 12.3 Å². The molecule has 3 heterocycles. The highest BCUT2D eigenvalue weighted by Crippen LogP contribution is 2.43. The highest BCUT2D eigenvalue weighted by atomic mass is 16.5. The van der Waals surface area contributed by atoms with Crippen molar-refractivity contribution in [2.24, 2.45) is 5.92 Å². The van der Waals surface area contributed by atoms with Crippen molar-refractivity contribution < 1.29 is 9.53 Å². The van der Waals surface area contributed by atoms with Gasteiger partial charge in [-0.15, -0.1) is 0 Å². The smallest absolute Gasteiger partial charge is 0.257 e. The zero-order chi connectivity index (χ0) is 19.1. The Hall–Kier alpha value is -1.40. The van der Waals surface area contributed by atoms with Crippen LogP contribution in [0.3, 0.4) is 0 Å². The number of likely N-dealkylation sites (tertiary alicyclic amines) is 1. The van der Waals surface area contributed by atoms with Gasteiger partial charge in [-0.1, -0.05) is 13.8 Å². The molecule has 2 aliphatic heterocycles. The molecule has 0 aromatic carbocycles. The number of hydrogen-bond acceptors (Lipinski definition) is 4. The van der Waals surface area contributed by atoms with Gasteiger partial charge in [0.2, 0.25) is 0 Å². The number of ether oxygens (including phenoxy) is 1. The minimum absolute atomic E-state index is 0.0114. The summed E-state index contributed by atoms with van der Waals surface area (Å²) in [5.41, 5.74) is 0.326. The number of nitrogens with zero attached hydrogens (tertiary/aromatic N) is 4. The Balaban J connectivity index is 2.00. The highest BCUT2D eigenvalue weighted by Gasteiger charge is 2.58. The summed E-state index contributed by atoms with van der Waals surface area (Å²) >= 11 is 0. The molecule has 0 saturated carbocycles. The summed E-state index contributed by atoms with van der Waals surface area (Å²) in [5, 5.41) is 4.52. The van der Waals surface area contributed by atoms with E-state index in [1.165, 1.54) is 0 Å². The number of carbonyl (C=O) groups is 1. The number of amides is 1. The third-order valence-electron chi connectivity index (χ3n) is 5.65. The molecule has 2 aliphatic rings. The number of aromatic nitrogens is 2. The molecule has 2 atom stereocenters. The lowest BCUT2D eigenvalue weighted by Crippen LogP contribution is -2.61. The second-order valence-corrected chi connectivity index (χ2v) is 8.75. The molecule has 0 unspecified atom stereocenters. The average Bonchev–Trinajstić information content (AvgIpc) is 3.16. The van der Waals surface area contributed by atoms with Crippen LogP contribution >= 0.6 is 0 Å².